The van der Waals surface area contributed by atoms with Gasteiger partial charge in [-0.1, -0.05) is 23.7 Å². The van der Waals surface area contributed by atoms with E-state index in [4.69, 9.17) is 21.1 Å². The molecule has 0 aliphatic carbocycles. The molecule has 8 nitrogen and oxygen atoms in total. The summed E-state index contributed by atoms with van der Waals surface area (Å²) >= 11 is 5.54. The van der Waals surface area contributed by atoms with E-state index >= 15 is 0 Å². The van der Waals surface area contributed by atoms with E-state index in [1.54, 1.807) is 18.2 Å². The van der Waals surface area contributed by atoms with Crippen molar-refractivity contribution in [2.24, 2.45) is 4.99 Å². The summed E-state index contributed by atoms with van der Waals surface area (Å²) in [7, 11) is 1.44. The lowest BCUT2D eigenvalue weighted by Gasteiger charge is -2.14. The molecule has 0 fully saturated rings. The number of benzene rings is 3. The first-order valence-corrected chi connectivity index (χ1v) is 12.8. The van der Waals surface area contributed by atoms with Crippen LogP contribution >= 0.6 is 11.6 Å². The van der Waals surface area contributed by atoms with E-state index in [1.807, 2.05) is 0 Å². The topological polar surface area (TPSA) is 121 Å². The number of carbonyl (C=O) groups is 1. The number of hydrogen-bond donors (Lipinski definition) is 4. The fraction of sp³-hybridized carbons (Fsp3) is 0.241. The molecule has 0 heterocycles. The lowest BCUT2D eigenvalue weighted by Crippen LogP contribution is -2.13. The van der Waals surface area contributed by atoms with E-state index in [9.17, 15) is 37.7 Å². The molecule has 3 aromatic rings. The Hall–Kier alpha value is -4.13. The van der Waals surface area contributed by atoms with Crippen molar-refractivity contribution in [3.63, 3.8) is 0 Å². The van der Waals surface area contributed by atoms with E-state index in [1.165, 1.54) is 20.1 Å². The zero-order chi connectivity index (χ0) is 31.1. The zero-order valence-corrected chi connectivity index (χ0v) is 23.5. The lowest BCUT2D eigenvalue weighted by atomic mass is 10.0. The van der Waals surface area contributed by atoms with Crippen LogP contribution in [0.2, 0.25) is 5.02 Å². The third-order valence-corrected chi connectivity index (χ3v) is 6.50. The molecule has 3 aromatic carbocycles. The van der Waals surface area contributed by atoms with E-state index < -0.39 is 63.3 Å². The maximum Gasteiger partial charge on any atom is 0.343 e. The third-order valence-electron chi connectivity index (χ3n) is 6.16. The number of hydrogen-bond acceptors (Lipinski definition) is 8. The van der Waals surface area contributed by atoms with Crippen LogP contribution in [0.1, 0.15) is 34.7 Å². The number of nitrogens with zero attached hydrogens (tertiary/aromatic N) is 1. The third kappa shape index (κ3) is 6.84. The van der Waals surface area contributed by atoms with Gasteiger partial charge in [-0.2, -0.15) is 0 Å². The molecule has 0 aliphatic heterocycles. The molecule has 0 aromatic heterocycles. The predicted molar refractivity (Wildman–Crippen MR) is 149 cm³/mol. The van der Waals surface area contributed by atoms with E-state index in [0.717, 1.165) is 19.2 Å². The molecule has 0 atom stereocenters. The average Bonchev–Trinajstić information content (AvgIpc) is 2.98. The van der Waals surface area contributed by atoms with Gasteiger partial charge >= 0.3 is 5.97 Å². The zero-order valence-electron chi connectivity index (χ0n) is 22.7. The van der Waals surface area contributed by atoms with Crippen LogP contribution in [0.5, 0.6) is 5.75 Å². The molecule has 0 saturated heterocycles. The number of aliphatic hydroxyl groups is 3. The van der Waals surface area contributed by atoms with E-state index in [-0.39, 0.29) is 36.7 Å². The molecule has 3 rings (SSSR count). The van der Waals surface area contributed by atoms with Crippen LogP contribution in [-0.4, -0.2) is 41.2 Å². The number of halogens is 5. The maximum absolute atomic E-state index is 14.9. The number of rotatable bonds is 11. The van der Waals surface area contributed by atoms with Crippen LogP contribution < -0.4 is 10.1 Å². The van der Waals surface area contributed by atoms with Crippen molar-refractivity contribution in [1.29, 1.82) is 0 Å². The van der Waals surface area contributed by atoms with Gasteiger partial charge in [-0.15, -0.1) is 0 Å². The number of ether oxygens (including phenoxy) is 2. The first-order valence-electron chi connectivity index (χ1n) is 12.4. The number of carbonyl (C=O) groups excluding carboxylic acids is 1. The number of methoxy groups -OCH3 is 1. The standard InChI is InChI=1S/C29H27ClF4N2O6/c1-4-42-29(40)18(28(39)23-14(2)25(32)27(34)24(30)26(23)33)11-36-20-9-21(19(31)8-17(20)13-38)35-10-16-6-5-15(12-37)7-22(16)41-3/h5-9,11,35,37-39H,4,10,12-13H2,1-3H3. The maximum atomic E-state index is 14.9. The highest BCUT2D eigenvalue weighted by Gasteiger charge is 2.27. The molecule has 0 bridgehead atoms. The van der Waals surface area contributed by atoms with Gasteiger partial charge in [0, 0.05) is 29.4 Å². The van der Waals surface area contributed by atoms with Crippen molar-refractivity contribution in [1.82, 2.24) is 0 Å². The minimum Gasteiger partial charge on any atom is -0.506 e. The Labute approximate surface area is 243 Å². The van der Waals surface area contributed by atoms with Crippen molar-refractivity contribution in [3.8, 4) is 5.75 Å². The number of aliphatic imine (C=N–C) groups is 1. The second-order valence-electron chi connectivity index (χ2n) is 8.77. The molecule has 42 heavy (non-hydrogen) atoms. The summed E-state index contributed by atoms with van der Waals surface area (Å²) in [6.07, 6.45) is 0.758. The van der Waals surface area contributed by atoms with Crippen LogP contribution in [0.15, 0.2) is 40.9 Å². The van der Waals surface area contributed by atoms with Gasteiger partial charge in [-0.05, 0) is 37.6 Å². The number of aliphatic hydroxyl groups excluding tert-OH is 3. The van der Waals surface area contributed by atoms with Gasteiger partial charge in [0.15, 0.2) is 17.5 Å². The molecule has 0 amide bonds. The Balaban J connectivity index is 2.08. The number of esters is 1. The summed E-state index contributed by atoms with van der Waals surface area (Å²) in [5.74, 6) is -7.37. The molecule has 4 N–H and O–H groups in total. The Kier molecular flexibility index (Phi) is 10.9. The Morgan fingerprint density at radius 3 is 2.38 bits per heavy atom. The van der Waals surface area contributed by atoms with Gasteiger partial charge in [0.25, 0.3) is 0 Å². The first-order chi connectivity index (χ1) is 20.0. The SMILES string of the molecule is CCOC(=O)C(C=Nc1cc(NCc2ccc(CO)cc2OC)c(F)cc1CO)=C(O)c1c(C)c(F)c(F)c(Cl)c1F. The molecule has 0 aliphatic rings. The Morgan fingerprint density at radius 1 is 1.05 bits per heavy atom. The summed E-state index contributed by atoms with van der Waals surface area (Å²) in [4.78, 5) is 16.8. The summed E-state index contributed by atoms with van der Waals surface area (Å²) in [6, 6.07) is 7.18. The summed E-state index contributed by atoms with van der Waals surface area (Å²) < 4.78 is 68.1. The minimum absolute atomic E-state index is 0.0138. The van der Waals surface area contributed by atoms with Gasteiger partial charge in [0.05, 0.1) is 43.9 Å². The minimum atomic E-state index is -1.67. The van der Waals surface area contributed by atoms with Gasteiger partial charge in [0.1, 0.15) is 27.9 Å². The van der Waals surface area contributed by atoms with Crippen LogP contribution in [-0.2, 0) is 29.3 Å². The summed E-state index contributed by atoms with van der Waals surface area (Å²) in [5, 5.41) is 31.6. The van der Waals surface area contributed by atoms with Crippen LogP contribution in [0.4, 0.5) is 28.9 Å². The van der Waals surface area contributed by atoms with Crippen molar-refractivity contribution in [3.05, 3.63) is 92.0 Å². The fourth-order valence-electron chi connectivity index (χ4n) is 3.92. The quantitative estimate of drug-likeness (QED) is 0.0397. The van der Waals surface area contributed by atoms with Crippen LogP contribution in [0, 0.1) is 30.2 Å². The predicted octanol–water partition coefficient (Wildman–Crippen LogP) is 6.04. The number of anilines is 1. The normalized spacial score (nSPS) is 12.0. The van der Waals surface area contributed by atoms with Crippen molar-refractivity contribution >= 4 is 40.9 Å². The highest BCUT2D eigenvalue weighted by Crippen LogP contribution is 2.34. The number of nitrogens with one attached hydrogen (secondary N) is 1. The lowest BCUT2D eigenvalue weighted by molar-refractivity contribution is -0.137. The molecule has 0 radical (unpaired) electrons. The summed E-state index contributed by atoms with van der Waals surface area (Å²) in [5.41, 5.74) is -1.21. The molecule has 0 unspecified atom stereocenters. The van der Waals surface area contributed by atoms with Gasteiger partial charge in [0.2, 0.25) is 0 Å². The monoisotopic (exact) mass is 610 g/mol. The Morgan fingerprint density at radius 2 is 1.76 bits per heavy atom. The van der Waals surface area contributed by atoms with Gasteiger partial charge in [-0.3, -0.25) is 4.99 Å². The molecular formula is C29H27ClF4N2O6. The Bertz CT molecular complexity index is 1530. The van der Waals surface area contributed by atoms with Gasteiger partial charge in [-0.25, -0.2) is 22.4 Å². The highest BCUT2D eigenvalue weighted by atomic mass is 35.5. The second kappa shape index (κ2) is 14.2. The van der Waals surface area contributed by atoms with Crippen LogP contribution in [0.3, 0.4) is 0 Å². The van der Waals surface area contributed by atoms with Crippen LogP contribution in [0.25, 0.3) is 5.76 Å². The van der Waals surface area contributed by atoms with Crippen molar-refractivity contribution in [2.45, 2.75) is 33.6 Å². The van der Waals surface area contributed by atoms with Crippen molar-refractivity contribution in [2.75, 3.05) is 19.0 Å². The molecule has 224 valence electrons. The molecule has 13 heteroatoms. The van der Waals surface area contributed by atoms with Crippen molar-refractivity contribution < 1.29 is 47.1 Å². The molecular weight excluding hydrogens is 584 g/mol. The molecule has 0 saturated carbocycles. The van der Waals surface area contributed by atoms with E-state index in [0.29, 0.717) is 16.9 Å². The smallest absolute Gasteiger partial charge is 0.343 e. The highest BCUT2D eigenvalue weighted by molar-refractivity contribution is 6.31. The molecule has 0 spiro atoms. The first kappa shape index (κ1) is 32.4. The summed E-state index contributed by atoms with van der Waals surface area (Å²) in [6.45, 7) is 1.47. The van der Waals surface area contributed by atoms with Gasteiger partial charge < -0.3 is 30.1 Å². The fourth-order valence-corrected chi connectivity index (χ4v) is 4.10. The van der Waals surface area contributed by atoms with E-state index in [2.05, 4.69) is 10.3 Å². The largest absolute Gasteiger partial charge is 0.506 e. The second-order valence-corrected chi connectivity index (χ2v) is 9.15. The average molecular weight is 611 g/mol.